The molecule has 0 unspecified atom stereocenters. The molecule has 0 aliphatic carbocycles. The number of rotatable bonds is 8. The van der Waals surface area contributed by atoms with Crippen LogP contribution >= 0.6 is 0 Å². The van der Waals surface area contributed by atoms with Gasteiger partial charge in [0.05, 0.1) is 30.0 Å². The fraction of sp³-hybridized carbons (Fsp3) is 0.533. The predicted octanol–water partition coefficient (Wildman–Crippen LogP) is 2.43. The molecule has 0 atom stereocenters. The molecule has 0 fully saturated rings. The number of nitrogens with two attached hydrogens (primary N) is 1. The Balaban J connectivity index is 2.20. The standard InChI is InChI=1S/C15H24N2O3/c1-15(2,19-3)9-11-20-10-8-14(18)17-13-7-5-4-6-12(13)16/h4-7H,8-11,16H2,1-3H3,(H,17,18). The zero-order valence-corrected chi connectivity index (χ0v) is 12.4. The van der Waals surface area contributed by atoms with Gasteiger partial charge in [-0.3, -0.25) is 4.79 Å². The van der Waals surface area contributed by atoms with Crippen molar-refractivity contribution in [1.82, 2.24) is 0 Å². The van der Waals surface area contributed by atoms with Crippen molar-refractivity contribution in [3.8, 4) is 0 Å². The Hall–Kier alpha value is -1.59. The number of nitrogens with one attached hydrogen (secondary N) is 1. The van der Waals surface area contributed by atoms with Gasteiger partial charge < -0.3 is 20.5 Å². The Morgan fingerprint density at radius 2 is 2.00 bits per heavy atom. The molecule has 0 heterocycles. The second-order valence-corrected chi connectivity index (χ2v) is 5.21. The number of hydrogen-bond donors (Lipinski definition) is 2. The summed E-state index contributed by atoms with van der Waals surface area (Å²) in [6, 6.07) is 7.18. The molecule has 1 amide bonds. The van der Waals surface area contributed by atoms with Crippen LogP contribution in [0.1, 0.15) is 26.7 Å². The molecule has 0 saturated carbocycles. The molecule has 20 heavy (non-hydrogen) atoms. The summed E-state index contributed by atoms with van der Waals surface area (Å²) in [5.74, 6) is -0.103. The number of carbonyl (C=O) groups excluding carboxylic acids is 1. The number of ether oxygens (including phenoxy) is 2. The SMILES string of the molecule is COC(C)(C)CCOCCC(=O)Nc1ccccc1N. The smallest absolute Gasteiger partial charge is 0.226 e. The molecule has 1 rings (SSSR count). The highest BCUT2D eigenvalue weighted by Gasteiger charge is 2.15. The first-order valence-electron chi connectivity index (χ1n) is 6.72. The van der Waals surface area contributed by atoms with Crippen molar-refractivity contribution in [1.29, 1.82) is 0 Å². The maximum absolute atomic E-state index is 11.7. The molecule has 0 spiro atoms. The summed E-state index contributed by atoms with van der Waals surface area (Å²) in [5.41, 5.74) is 6.75. The second kappa shape index (κ2) is 7.87. The Morgan fingerprint density at radius 1 is 1.30 bits per heavy atom. The van der Waals surface area contributed by atoms with Crippen LogP contribution in [0.15, 0.2) is 24.3 Å². The third-order valence-electron chi connectivity index (χ3n) is 3.11. The first-order valence-corrected chi connectivity index (χ1v) is 6.72. The van der Waals surface area contributed by atoms with Crippen LogP contribution < -0.4 is 11.1 Å². The summed E-state index contributed by atoms with van der Waals surface area (Å²) in [7, 11) is 1.68. The van der Waals surface area contributed by atoms with E-state index in [9.17, 15) is 4.79 Å². The largest absolute Gasteiger partial charge is 0.397 e. The van der Waals surface area contributed by atoms with Gasteiger partial charge in [-0.15, -0.1) is 0 Å². The molecule has 0 aromatic heterocycles. The van der Waals surface area contributed by atoms with E-state index in [2.05, 4.69) is 5.32 Å². The lowest BCUT2D eigenvalue weighted by Crippen LogP contribution is -2.24. The summed E-state index contributed by atoms with van der Waals surface area (Å²) in [6.45, 7) is 4.96. The number of hydrogen-bond acceptors (Lipinski definition) is 4. The third-order valence-corrected chi connectivity index (χ3v) is 3.11. The molecule has 0 radical (unpaired) electrons. The summed E-state index contributed by atoms with van der Waals surface area (Å²) in [4.78, 5) is 11.7. The normalized spacial score (nSPS) is 11.3. The second-order valence-electron chi connectivity index (χ2n) is 5.21. The molecule has 0 saturated heterocycles. The highest BCUT2D eigenvalue weighted by molar-refractivity contribution is 5.93. The Labute approximate surface area is 120 Å². The van der Waals surface area contributed by atoms with Gasteiger partial charge in [0.1, 0.15) is 0 Å². The van der Waals surface area contributed by atoms with Crippen LogP contribution in [0, 0.1) is 0 Å². The lowest BCUT2D eigenvalue weighted by molar-refractivity contribution is -0.117. The number of nitrogen functional groups attached to an aromatic ring is 1. The van der Waals surface area contributed by atoms with E-state index in [0.717, 1.165) is 6.42 Å². The first kappa shape index (κ1) is 16.5. The van der Waals surface area contributed by atoms with Gasteiger partial charge in [0.15, 0.2) is 0 Å². The van der Waals surface area contributed by atoms with Gasteiger partial charge in [0.2, 0.25) is 5.91 Å². The number of benzene rings is 1. The van der Waals surface area contributed by atoms with Gasteiger partial charge in [-0.1, -0.05) is 12.1 Å². The van der Waals surface area contributed by atoms with E-state index in [1.807, 2.05) is 26.0 Å². The molecule has 5 heteroatoms. The van der Waals surface area contributed by atoms with Crippen molar-refractivity contribution in [2.75, 3.05) is 31.4 Å². The Kier molecular flexibility index (Phi) is 6.48. The van der Waals surface area contributed by atoms with E-state index in [4.69, 9.17) is 15.2 Å². The van der Waals surface area contributed by atoms with Crippen molar-refractivity contribution >= 4 is 17.3 Å². The van der Waals surface area contributed by atoms with Gasteiger partial charge in [-0.25, -0.2) is 0 Å². The number of anilines is 2. The fourth-order valence-corrected chi connectivity index (χ4v) is 1.51. The molecular formula is C15H24N2O3. The van der Waals surface area contributed by atoms with E-state index in [-0.39, 0.29) is 11.5 Å². The number of para-hydroxylation sites is 2. The lowest BCUT2D eigenvalue weighted by Gasteiger charge is -2.22. The van der Waals surface area contributed by atoms with E-state index < -0.39 is 0 Å². The van der Waals surface area contributed by atoms with E-state index in [1.165, 1.54) is 0 Å². The average Bonchev–Trinajstić information content (AvgIpc) is 2.41. The molecule has 0 bridgehead atoms. The molecule has 112 valence electrons. The van der Waals surface area contributed by atoms with Crippen LogP contribution in [0.3, 0.4) is 0 Å². The maximum atomic E-state index is 11.7. The van der Waals surface area contributed by atoms with Crippen molar-refractivity contribution in [2.45, 2.75) is 32.3 Å². The third kappa shape index (κ3) is 6.04. The maximum Gasteiger partial charge on any atom is 0.226 e. The summed E-state index contributed by atoms with van der Waals surface area (Å²) in [5, 5.41) is 2.76. The number of amides is 1. The average molecular weight is 280 g/mol. The van der Waals surface area contributed by atoms with Crippen LogP contribution in [0.2, 0.25) is 0 Å². The van der Waals surface area contributed by atoms with Crippen LogP contribution in [0.5, 0.6) is 0 Å². The van der Waals surface area contributed by atoms with E-state index in [0.29, 0.717) is 31.0 Å². The zero-order valence-electron chi connectivity index (χ0n) is 12.4. The van der Waals surface area contributed by atoms with Gasteiger partial charge in [-0.05, 0) is 32.4 Å². The predicted molar refractivity (Wildman–Crippen MR) is 80.6 cm³/mol. The fourth-order valence-electron chi connectivity index (χ4n) is 1.51. The molecule has 0 aliphatic rings. The molecule has 1 aromatic rings. The van der Waals surface area contributed by atoms with Crippen molar-refractivity contribution in [3.05, 3.63) is 24.3 Å². The molecule has 1 aromatic carbocycles. The lowest BCUT2D eigenvalue weighted by atomic mass is 10.1. The molecule has 3 N–H and O–H groups in total. The van der Waals surface area contributed by atoms with Gasteiger partial charge in [-0.2, -0.15) is 0 Å². The topological polar surface area (TPSA) is 73.6 Å². The van der Waals surface area contributed by atoms with Gasteiger partial charge >= 0.3 is 0 Å². The summed E-state index contributed by atoms with van der Waals surface area (Å²) < 4.78 is 10.7. The number of carbonyl (C=O) groups is 1. The summed E-state index contributed by atoms with van der Waals surface area (Å²) >= 11 is 0. The van der Waals surface area contributed by atoms with Crippen LogP contribution in [0.25, 0.3) is 0 Å². The molecular weight excluding hydrogens is 256 g/mol. The van der Waals surface area contributed by atoms with Gasteiger partial charge in [0, 0.05) is 13.7 Å². The number of methoxy groups -OCH3 is 1. The first-order chi connectivity index (χ1) is 9.44. The highest BCUT2D eigenvalue weighted by atomic mass is 16.5. The highest BCUT2D eigenvalue weighted by Crippen LogP contribution is 2.16. The van der Waals surface area contributed by atoms with Gasteiger partial charge in [0.25, 0.3) is 0 Å². The van der Waals surface area contributed by atoms with Crippen LogP contribution in [-0.4, -0.2) is 31.8 Å². The monoisotopic (exact) mass is 280 g/mol. The van der Waals surface area contributed by atoms with Crippen molar-refractivity contribution in [2.24, 2.45) is 0 Å². The Morgan fingerprint density at radius 3 is 2.65 bits per heavy atom. The quantitative estimate of drug-likeness (QED) is 0.566. The van der Waals surface area contributed by atoms with E-state index in [1.54, 1.807) is 19.2 Å². The van der Waals surface area contributed by atoms with Crippen molar-refractivity contribution < 1.29 is 14.3 Å². The minimum absolute atomic E-state index is 0.103. The molecule has 5 nitrogen and oxygen atoms in total. The van der Waals surface area contributed by atoms with E-state index >= 15 is 0 Å². The minimum Gasteiger partial charge on any atom is -0.397 e. The van der Waals surface area contributed by atoms with Crippen molar-refractivity contribution in [3.63, 3.8) is 0 Å². The van der Waals surface area contributed by atoms with Crippen LogP contribution in [-0.2, 0) is 14.3 Å². The molecule has 0 aliphatic heterocycles. The summed E-state index contributed by atoms with van der Waals surface area (Å²) in [6.07, 6.45) is 1.10. The minimum atomic E-state index is -0.194. The van der Waals surface area contributed by atoms with Crippen LogP contribution in [0.4, 0.5) is 11.4 Å². The Bertz CT molecular complexity index is 433. The zero-order chi connectivity index (χ0) is 15.0.